The number of hydrogen-bond donors (Lipinski definition) is 1. The number of amides is 1. The van der Waals surface area contributed by atoms with E-state index >= 15 is 0 Å². The SMILES string of the molecule is COc1ccc(OC)c(NC(=O)c2cc(C(C)C)nc3c2c(C)nn3C)c1. The van der Waals surface area contributed by atoms with E-state index in [0.717, 1.165) is 16.8 Å². The summed E-state index contributed by atoms with van der Waals surface area (Å²) in [7, 11) is 4.97. The molecule has 0 unspecified atom stereocenters. The van der Waals surface area contributed by atoms with Crippen molar-refractivity contribution in [2.24, 2.45) is 7.05 Å². The van der Waals surface area contributed by atoms with Gasteiger partial charge in [-0.1, -0.05) is 13.8 Å². The van der Waals surface area contributed by atoms with Gasteiger partial charge in [0, 0.05) is 18.8 Å². The minimum atomic E-state index is -0.244. The zero-order valence-corrected chi connectivity index (χ0v) is 16.5. The molecule has 0 aliphatic rings. The maximum absolute atomic E-state index is 13.2. The van der Waals surface area contributed by atoms with Crippen LogP contribution in [0.25, 0.3) is 11.0 Å². The Morgan fingerprint density at radius 3 is 2.56 bits per heavy atom. The monoisotopic (exact) mass is 368 g/mol. The third-order valence-corrected chi connectivity index (χ3v) is 4.48. The van der Waals surface area contributed by atoms with Crippen molar-refractivity contribution in [3.05, 3.63) is 41.2 Å². The van der Waals surface area contributed by atoms with E-state index in [4.69, 9.17) is 9.47 Å². The Kier molecular flexibility index (Phi) is 5.03. The average Bonchev–Trinajstić information content (AvgIpc) is 2.94. The maximum atomic E-state index is 13.2. The molecule has 2 aromatic heterocycles. The van der Waals surface area contributed by atoms with Crippen LogP contribution in [0.3, 0.4) is 0 Å². The molecule has 2 heterocycles. The average molecular weight is 368 g/mol. The van der Waals surface area contributed by atoms with Crippen molar-refractivity contribution in [2.45, 2.75) is 26.7 Å². The van der Waals surface area contributed by atoms with Crippen molar-refractivity contribution in [3.63, 3.8) is 0 Å². The second-order valence-corrected chi connectivity index (χ2v) is 6.68. The van der Waals surface area contributed by atoms with Gasteiger partial charge in [-0.3, -0.25) is 9.48 Å². The van der Waals surface area contributed by atoms with Gasteiger partial charge in [0.1, 0.15) is 11.5 Å². The number of pyridine rings is 1. The molecule has 1 N–H and O–H groups in total. The predicted molar refractivity (Wildman–Crippen MR) is 105 cm³/mol. The molecular formula is C20H24N4O3. The highest BCUT2D eigenvalue weighted by Gasteiger charge is 2.20. The molecule has 7 nitrogen and oxygen atoms in total. The van der Waals surface area contributed by atoms with Gasteiger partial charge in [-0.2, -0.15) is 5.10 Å². The number of hydrogen-bond acceptors (Lipinski definition) is 5. The molecule has 3 rings (SSSR count). The van der Waals surface area contributed by atoms with Crippen molar-refractivity contribution in [1.29, 1.82) is 0 Å². The number of nitrogens with zero attached hydrogens (tertiary/aromatic N) is 3. The lowest BCUT2D eigenvalue weighted by molar-refractivity contribution is 0.102. The summed E-state index contributed by atoms with van der Waals surface area (Å²) in [6, 6.07) is 7.10. The number of fused-ring (bicyclic) bond motifs is 1. The fourth-order valence-electron chi connectivity index (χ4n) is 3.04. The summed E-state index contributed by atoms with van der Waals surface area (Å²) < 4.78 is 12.3. The van der Waals surface area contributed by atoms with Crippen LogP contribution in [0.2, 0.25) is 0 Å². The Morgan fingerprint density at radius 2 is 1.93 bits per heavy atom. The molecule has 0 aliphatic heterocycles. The van der Waals surface area contributed by atoms with Gasteiger partial charge in [-0.25, -0.2) is 4.98 Å². The van der Waals surface area contributed by atoms with Gasteiger partial charge in [-0.05, 0) is 31.0 Å². The summed E-state index contributed by atoms with van der Waals surface area (Å²) in [5.41, 5.74) is 3.38. The van der Waals surface area contributed by atoms with Crippen LogP contribution in [0.5, 0.6) is 11.5 Å². The summed E-state index contributed by atoms with van der Waals surface area (Å²) in [6.45, 7) is 5.97. The van der Waals surface area contributed by atoms with E-state index in [0.29, 0.717) is 28.4 Å². The zero-order valence-electron chi connectivity index (χ0n) is 16.5. The normalized spacial score (nSPS) is 11.1. The number of methoxy groups -OCH3 is 2. The Balaban J connectivity index is 2.11. The van der Waals surface area contributed by atoms with E-state index in [1.54, 1.807) is 37.1 Å². The number of carbonyl (C=O) groups excluding carboxylic acids is 1. The van der Waals surface area contributed by atoms with Gasteiger partial charge in [0.25, 0.3) is 5.91 Å². The lowest BCUT2D eigenvalue weighted by atomic mass is 10.0. The second-order valence-electron chi connectivity index (χ2n) is 6.68. The van der Waals surface area contributed by atoms with Gasteiger partial charge in [0.15, 0.2) is 5.65 Å². The minimum absolute atomic E-state index is 0.183. The Bertz CT molecular complexity index is 1010. The van der Waals surface area contributed by atoms with Gasteiger partial charge in [0.2, 0.25) is 0 Å². The second kappa shape index (κ2) is 7.26. The molecule has 1 aromatic carbocycles. The van der Waals surface area contributed by atoms with E-state index < -0.39 is 0 Å². The molecule has 0 radical (unpaired) electrons. The minimum Gasteiger partial charge on any atom is -0.497 e. The van der Waals surface area contributed by atoms with Gasteiger partial charge >= 0.3 is 0 Å². The van der Waals surface area contributed by atoms with Gasteiger partial charge in [-0.15, -0.1) is 0 Å². The van der Waals surface area contributed by atoms with Crippen LogP contribution in [0.4, 0.5) is 5.69 Å². The molecule has 0 saturated heterocycles. The molecule has 0 aliphatic carbocycles. The van der Waals surface area contributed by atoms with Crippen LogP contribution < -0.4 is 14.8 Å². The number of anilines is 1. The van der Waals surface area contributed by atoms with E-state index in [-0.39, 0.29) is 11.8 Å². The van der Waals surface area contributed by atoms with E-state index in [9.17, 15) is 4.79 Å². The number of aryl methyl sites for hydroxylation is 2. The fourth-order valence-corrected chi connectivity index (χ4v) is 3.04. The van der Waals surface area contributed by atoms with Crippen molar-refractivity contribution >= 4 is 22.6 Å². The number of ether oxygens (including phenoxy) is 2. The molecule has 1 amide bonds. The van der Waals surface area contributed by atoms with E-state index in [1.807, 2.05) is 33.9 Å². The van der Waals surface area contributed by atoms with Gasteiger partial charge < -0.3 is 14.8 Å². The molecule has 7 heteroatoms. The summed E-state index contributed by atoms with van der Waals surface area (Å²) in [5, 5.41) is 8.12. The van der Waals surface area contributed by atoms with Crippen molar-refractivity contribution in [1.82, 2.24) is 14.8 Å². The molecule has 27 heavy (non-hydrogen) atoms. The van der Waals surface area contributed by atoms with Crippen LogP contribution in [0.1, 0.15) is 41.5 Å². The first kappa shape index (κ1) is 18.7. The summed E-state index contributed by atoms with van der Waals surface area (Å²) >= 11 is 0. The standard InChI is InChI=1S/C20H24N4O3/c1-11(2)15-10-14(18-12(3)23-24(4)19(18)21-15)20(25)22-16-9-13(26-5)7-8-17(16)27-6/h7-11H,1-6H3,(H,22,25). The Hall–Kier alpha value is -3.09. The largest absolute Gasteiger partial charge is 0.497 e. The number of benzene rings is 1. The number of aromatic nitrogens is 3. The highest BCUT2D eigenvalue weighted by atomic mass is 16.5. The smallest absolute Gasteiger partial charge is 0.256 e. The van der Waals surface area contributed by atoms with Crippen LogP contribution in [0, 0.1) is 6.92 Å². The van der Waals surface area contributed by atoms with Crippen LogP contribution in [0.15, 0.2) is 24.3 Å². The first-order chi connectivity index (χ1) is 12.8. The van der Waals surface area contributed by atoms with Gasteiger partial charge in [0.05, 0.1) is 36.6 Å². The third-order valence-electron chi connectivity index (χ3n) is 4.48. The third kappa shape index (κ3) is 3.45. The van der Waals surface area contributed by atoms with Crippen molar-refractivity contribution < 1.29 is 14.3 Å². The highest BCUT2D eigenvalue weighted by Crippen LogP contribution is 2.31. The number of rotatable bonds is 5. The number of carbonyl (C=O) groups is 1. The Morgan fingerprint density at radius 1 is 1.19 bits per heavy atom. The Labute approximate surface area is 158 Å². The lowest BCUT2D eigenvalue weighted by Crippen LogP contribution is -2.15. The molecule has 0 fully saturated rings. The maximum Gasteiger partial charge on any atom is 0.256 e. The first-order valence-electron chi connectivity index (χ1n) is 8.73. The van der Waals surface area contributed by atoms with Crippen molar-refractivity contribution in [2.75, 3.05) is 19.5 Å². The zero-order chi connectivity index (χ0) is 19.7. The predicted octanol–water partition coefficient (Wildman–Crippen LogP) is 3.67. The fraction of sp³-hybridized carbons (Fsp3) is 0.350. The molecule has 0 bridgehead atoms. The topological polar surface area (TPSA) is 78.3 Å². The van der Waals surface area contributed by atoms with Crippen molar-refractivity contribution in [3.8, 4) is 11.5 Å². The first-order valence-corrected chi connectivity index (χ1v) is 8.73. The quantitative estimate of drug-likeness (QED) is 0.743. The number of nitrogens with one attached hydrogen (secondary N) is 1. The molecule has 0 saturated carbocycles. The van der Waals surface area contributed by atoms with E-state index in [2.05, 4.69) is 15.4 Å². The highest BCUT2D eigenvalue weighted by molar-refractivity contribution is 6.13. The van der Waals surface area contributed by atoms with Crippen LogP contribution in [-0.4, -0.2) is 34.9 Å². The summed E-state index contributed by atoms with van der Waals surface area (Å²) in [4.78, 5) is 17.8. The molecule has 3 aromatic rings. The molecule has 142 valence electrons. The molecule has 0 spiro atoms. The summed E-state index contributed by atoms with van der Waals surface area (Å²) in [6.07, 6.45) is 0. The molecular weight excluding hydrogens is 344 g/mol. The lowest BCUT2D eigenvalue weighted by Gasteiger charge is -2.13. The van der Waals surface area contributed by atoms with Crippen LogP contribution in [-0.2, 0) is 7.05 Å². The summed E-state index contributed by atoms with van der Waals surface area (Å²) in [5.74, 6) is 1.13. The molecule has 0 atom stereocenters. The van der Waals surface area contributed by atoms with E-state index in [1.165, 1.54) is 0 Å². The van der Waals surface area contributed by atoms with Crippen LogP contribution >= 0.6 is 0 Å².